The summed E-state index contributed by atoms with van der Waals surface area (Å²) in [6.07, 6.45) is 5.77. The summed E-state index contributed by atoms with van der Waals surface area (Å²) in [4.78, 5) is 37.2. The molecular formula is C25H28N4O6. The number of nitrogens with one attached hydrogen (secondary N) is 1. The van der Waals surface area contributed by atoms with Crippen molar-refractivity contribution in [2.75, 3.05) is 13.7 Å². The molecule has 3 N–H and O–H groups in total. The van der Waals surface area contributed by atoms with Gasteiger partial charge in [0.2, 0.25) is 5.91 Å². The van der Waals surface area contributed by atoms with Crippen LogP contribution in [0, 0.1) is 0 Å². The lowest BCUT2D eigenvalue weighted by molar-refractivity contribution is -0.134. The monoisotopic (exact) mass is 480 g/mol. The average Bonchev–Trinajstić information content (AvgIpc) is 3.21. The van der Waals surface area contributed by atoms with E-state index < -0.39 is 11.9 Å². The Balaban J connectivity index is 0.000000795. The molecule has 1 aromatic carbocycles. The van der Waals surface area contributed by atoms with Gasteiger partial charge in [0.25, 0.3) is 5.97 Å². The number of amides is 1. The van der Waals surface area contributed by atoms with E-state index in [1.807, 2.05) is 36.5 Å². The van der Waals surface area contributed by atoms with Crippen molar-refractivity contribution in [1.29, 1.82) is 0 Å². The number of ether oxygens (including phenoxy) is 1. The van der Waals surface area contributed by atoms with Crippen molar-refractivity contribution in [3.05, 3.63) is 65.1 Å². The normalized spacial score (nSPS) is 11.4. The number of carboxylic acid groups (broad SMARTS) is 2. The number of carbonyl (C=O) groups is 3. The number of carboxylic acids is 2. The molecule has 10 nitrogen and oxygen atoms in total. The van der Waals surface area contributed by atoms with Crippen LogP contribution in [0.2, 0.25) is 0 Å². The minimum Gasteiger partial charge on any atom is -0.497 e. The molecule has 0 aliphatic heterocycles. The molecule has 0 saturated carbocycles. The second-order valence-corrected chi connectivity index (χ2v) is 7.98. The molecule has 0 fully saturated rings. The molecule has 0 atom stereocenters. The maximum atomic E-state index is 12.2. The summed E-state index contributed by atoms with van der Waals surface area (Å²) in [5.41, 5.74) is 4.67. The summed E-state index contributed by atoms with van der Waals surface area (Å²) < 4.78 is 6.67. The highest BCUT2D eigenvalue weighted by Gasteiger charge is 2.27. The minimum absolute atomic E-state index is 0.0789. The molecule has 1 amide bonds. The highest BCUT2D eigenvalue weighted by Crippen LogP contribution is 2.34. The van der Waals surface area contributed by atoms with Crippen LogP contribution in [-0.4, -0.2) is 56.5 Å². The largest absolute Gasteiger partial charge is 0.497 e. The van der Waals surface area contributed by atoms with Gasteiger partial charge in [-0.2, -0.15) is 5.10 Å². The first-order chi connectivity index (χ1) is 16.8. The first-order valence-electron chi connectivity index (χ1n) is 11.2. The Hall–Kier alpha value is -4.21. The number of benzene rings is 1. The van der Waals surface area contributed by atoms with E-state index in [0.29, 0.717) is 25.9 Å². The van der Waals surface area contributed by atoms with Crippen LogP contribution in [0.4, 0.5) is 0 Å². The third kappa shape index (κ3) is 6.66. The van der Waals surface area contributed by atoms with Crippen molar-refractivity contribution in [1.82, 2.24) is 20.1 Å². The Bertz CT molecular complexity index is 1200. The first-order valence-corrected chi connectivity index (χ1v) is 11.2. The Kier molecular flexibility index (Phi) is 8.55. The van der Waals surface area contributed by atoms with E-state index in [1.165, 1.54) is 0 Å². The van der Waals surface area contributed by atoms with E-state index in [-0.39, 0.29) is 18.0 Å². The van der Waals surface area contributed by atoms with Crippen LogP contribution in [-0.2, 0) is 35.4 Å². The highest BCUT2D eigenvalue weighted by molar-refractivity contribution is 5.90. The van der Waals surface area contributed by atoms with E-state index >= 15 is 0 Å². The first kappa shape index (κ1) is 25.4. The molecule has 0 radical (unpaired) electrons. The molecule has 4 rings (SSSR count). The van der Waals surface area contributed by atoms with Gasteiger partial charge in [0.15, 0.2) is 0 Å². The Morgan fingerprint density at radius 3 is 2.49 bits per heavy atom. The van der Waals surface area contributed by atoms with Gasteiger partial charge in [-0.15, -0.1) is 0 Å². The molecule has 10 heteroatoms. The minimum atomic E-state index is -0.977. The van der Waals surface area contributed by atoms with Crippen molar-refractivity contribution in [3.63, 3.8) is 0 Å². The molecule has 184 valence electrons. The Morgan fingerprint density at radius 1 is 1.11 bits per heavy atom. The van der Waals surface area contributed by atoms with Crippen LogP contribution in [0.25, 0.3) is 11.3 Å². The van der Waals surface area contributed by atoms with Gasteiger partial charge in [0.05, 0.1) is 19.2 Å². The average molecular weight is 481 g/mol. The van der Waals surface area contributed by atoms with E-state index in [0.717, 1.165) is 47.0 Å². The van der Waals surface area contributed by atoms with Gasteiger partial charge >= 0.3 is 5.97 Å². The molecule has 3 aromatic rings. The van der Waals surface area contributed by atoms with Gasteiger partial charge in [-0.3, -0.25) is 19.3 Å². The lowest BCUT2D eigenvalue weighted by atomic mass is 9.90. The number of aromatic carboxylic acids is 1. The fourth-order valence-corrected chi connectivity index (χ4v) is 3.92. The molecule has 2 heterocycles. The molecule has 0 bridgehead atoms. The number of nitrogens with zero attached hydrogens (tertiary/aromatic N) is 3. The van der Waals surface area contributed by atoms with E-state index in [9.17, 15) is 14.7 Å². The van der Waals surface area contributed by atoms with Crippen LogP contribution in [0.1, 0.15) is 40.5 Å². The predicted molar refractivity (Wildman–Crippen MR) is 127 cm³/mol. The van der Waals surface area contributed by atoms with Gasteiger partial charge in [0.1, 0.15) is 11.4 Å². The van der Waals surface area contributed by atoms with Gasteiger partial charge in [-0.1, -0.05) is 12.1 Å². The number of rotatable bonds is 8. The molecule has 1 aliphatic carbocycles. The number of hydrogen-bond acceptors (Lipinski definition) is 6. The predicted octanol–water partition coefficient (Wildman–Crippen LogP) is 2.59. The van der Waals surface area contributed by atoms with Gasteiger partial charge in [-0.05, 0) is 48.6 Å². The van der Waals surface area contributed by atoms with Crippen LogP contribution in [0.5, 0.6) is 5.75 Å². The van der Waals surface area contributed by atoms with E-state index in [4.69, 9.17) is 14.6 Å². The van der Waals surface area contributed by atoms with E-state index in [1.54, 1.807) is 18.0 Å². The zero-order chi connectivity index (χ0) is 25.4. The second-order valence-electron chi connectivity index (χ2n) is 7.98. The fraction of sp³-hybridized carbons (Fsp3) is 0.320. The Morgan fingerprint density at radius 2 is 1.83 bits per heavy atom. The molecule has 0 spiro atoms. The highest BCUT2D eigenvalue weighted by atomic mass is 16.5. The van der Waals surface area contributed by atoms with Crippen molar-refractivity contribution < 1.29 is 29.3 Å². The molecule has 0 unspecified atom stereocenters. The van der Waals surface area contributed by atoms with Gasteiger partial charge in [0, 0.05) is 43.5 Å². The Labute approximate surface area is 202 Å². The standard InChI is InChI=1S/C23H24N4O4.C2H4O2/c1-31-17-6-3-15(4-7-17)13-20(28)25-10-2-12-27-22(23(29)30)19-8-5-16-14-24-11-9-18(16)21(19)26-27;1-2(3)4/h3-4,6-7,9,11,14H,2,5,8,10,12-13H2,1H3,(H,25,28)(H,29,30);1H3,(H,3,4). The van der Waals surface area contributed by atoms with Gasteiger partial charge < -0.3 is 20.3 Å². The molecule has 35 heavy (non-hydrogen) atoms. The van der Waals surface area contributed by atoms with Crippen molar-refractivity contribution in [2.24, 2.45) is 0 Å². The van der Waals surface area contributed by atoms with Gasteiger partial charge in [-0.25, -0.2) is 4.79 Å². The third-order valence-electron chi connectivity index (χ3n) is 5.45. The zero-order valence-corrected chi connectivity index (χ0v) is 19.7. The smallest absolute Gasteiger partial charge is 0.354 e. The molecule has 1 aliphatic rings. The van der Waals surface area contributed by atoms with Crippen molar-refractivity contribution in [3.8, 4) is 17.0 Å². The number of carbonyl (C=O) groups excluding carboxylic acids is 1. The number of hydrogen-bond donors (Lipinski definition) is 3. The van der Waals surface area contributed by atoms with Crippen LogP contribution < -0.4 is 10.1 Å². The maximum absolute atomic E-state index is 12.2. The summed E-state index contributed by atoms with van der Waals surface area (Å²) in [6, 6.07) is 9.25. The summed E-state index contributed by atoms with van der Waals surface area (Å²) in [6.45, 7) is 1.94. The van der Waals surface area contributed by atoms with E-state index in [2.05, 4.69) is 15.4 Å². The quantitative estimate of drug-likeness (QED) is 0.418. The van der Waals surface area contributed by atoms with Crippen LogP contribution in [0.3, 0.4) is 0 Å². The maximum Gasteiger partial charge on any atom is 0.354 e. The number of aliphatic carboxylic acids is 1. The SMILES string of the molecule is CC(=O)O.COc1ccc(CC(=O)NCCCn2nc3c(c2C(=O)O)CCc2cnccc2-3)cc1. The van der Waals surface area contributed by atoms with Crippen molar-refractivity contribution in [2.45, 2.75) is 39.2 Å². The number of fused-ring (bicyclic) bond motifs is 3. The number of pyridine rings is 1. The number of aromatic nitrogens is 3. The summed E-state index contributed by atoms with van der Waals surface area (Å²) in [5, 5.41) is 24.7. The number of aryl methyl sites for hydroxylation is 2. The molecule has 2 aromatic heterocycles. The fourth-order valence-electron chi connectivity index (χ4n) is 3.92. The summed E-state index contributed by atoms with van der Waals surface area (Å²) in [7, 11) is 1.60. The molecule has 0 saturated heterocycles. The van der Waals surface area contributed by atoms with Crippen LogP contribution >= 0.6 is 0 Å². The lowest BCUT2D eigenvalue weighted by Gasteiger charge is -2.14. The van der Waals surface area contributed by atoms with Crippen LogP contribution in [0.15, 0.2) is 42.7 Å². The summed E-state index contributed by atoms with van der Waals surface area (Å²) >= 11 is 0. The zero-order valence-electron chi connectivity index (χ0n) is 19.7. The second kappa shape index (κ2) is 11.8. The third-order valence-corrected chi connectivity index (χ3v) is 5.45. The lowest BCUT2D eigenvalue weighted by Crippen LogP contribution is -2.27. The topological polar surface area (TPSA) is 144 Å². The van der Waals surface area contributed by atoms with Crippen molar-refractivity contribution >= 4 is 17.8 Å². The summed E-state index contributed by atoms with van der Waals surface area (Å²) in [5.74, 6) is -1.14. The number of methoxy groups -OCH3 is 1. The molecular weight excluding hydrogens is 452 g/mol.